The van der Waals surface area contributed by atoms with Crippen LogP contribution in [0.25, 0.3) is 0 Å². The molecule has 1 fully saturated rings. The molecule has 3 N–H and O–H groups in total. The molecule has 1 aliphatic rings. The number of nitrogens with one attached hydrogen (secondary N) is 1. The number of aliphatic imine (C=N–C) groups is 1. The molecule has 2 atom stereocenters. The molecular formula is C20H32N4O. The molecule has 25 heavy (non-hydrogen) atoms. The number of hydrogen-bond donors (Lipinski definition) is 2. The van der Waals surface area contributed by atoms with Crippen LogP contribution in [0.4, 0.5) is 0 Å². The number of amides is 1. The highest BCUT2D eigenvalue weighted by atomic mass is 16.1. The third kappa shape index (κ3) is 6.40. The van der Waals surface area contributed by atoms with Crippen LogP contribution in [0.5, 0.6) is 0 Å². The Balaban J connectivity index is 1.92. The summed E-state index contributed by atoms with van der Waals surface area (Å²) in [6.07, 6.45) is 3.66. The summed E-state index contributed by atoms with van der Waals surface area (Å²) in [6, 6.07) is 10.6. The normalized spacial score (nSPS) is 19.5. The van der Waals surface area contributed by atoms with Crippen LogP contribution >= 0.6 is 0 Å². The Bertz CT molecular complexity index is 558. The monoisotopic (exact) mass is 344 g/mol. The standard InChI is InChI=1S/C20H32N4O/c1-3-22-20(24-13-7-8-17(15-24)14-19(21)25)23-12-11-16(2)18-9-5-4-6-10-18/h4-6,9-10,16-17H,3,7-8,11-15H2,1-2H3,(H2,21,25)(H,22,23). The molecule has 0 radical (unpaired) electrons. The first-order valence-corrected chi connectivity index (χ1v) is 9.46. The zero-order chi connectivity index (χ0) is 18.1. The second kappa shape index (κ2) is 10.1. The SMILES string of the molecule is CCNC(=NCCC(C)c1ccccc1)N1CCCC(CC(N)=O)C1. The summed E-state index contributed by atoms with van der Waals surface area (Å²) < 4.78 is 0. The van der Waals surface area contributed by atoms with E-state index in [1.165, 1.54) is 5.56 Å². The van der Waals surface area contributed by atoms with Gasteiger partial charge < -0.3 is 16.0 Å². The number of nitrogens with two attached hydrogens (primary N) is 1. The fourth-order valence-corrected chi connectivity index (χ4v) is 3.45. The van der Waals surface area contributed by atoms with Gasteiger partial charge in [-0.3, -0.25) is 9.79 Å². The lowest BCUT2D eigenvalue weighted by atomic mass is 9.95. The summed E-state index contributed by atoms with van der Waals surface area (Å²) in [5.41, 5.74) is 6.73. The maximum atomic E-state index is 11.2. The van der Waals surface area contributed by atoms with E-state index in [-0.39, 0.29) is 5.91 Å². The molecule has 1 aromatic rings. The van der Waals surface area contributed by atoms with Crippen LogP contribution in [-0.4, -0.2) is 42.9 Å². The smallest absolute Gasteiger partial charge is 0.217 e. The molecule has 0 spiro atoms. The lowest BCUT2D eigenvalue weighted by Crippen LogP contribution is -2.47. The van der Waals surface area contributed by atoms with Gasteiger partial charge in [-0.05, 0) is 43.6 Å². The number of rotatable bonds is 7. The van der Waals surface area contributed by atoms with E-state index in [0.29, 0.717) is 18.3 Å². The van der Waals surface area contributed by atoms with Crippen molar-refractivity contribution in [2.75, 3.05) is 26.2 Å². The molecule has 0 aliphatic carbocycles. The highest BCUT2D eigenvalue weighted by molar-refractivity contribution is 5.80. The number of hydrogen-bond acceptors (Lipinski definition) is 2. The molecule has 0 saturated carbocycles. The summed E-state index contributed by atoms with van der Waals surface area (Å²) in [5, 5.41) is 3.40. The van der Waals surface area contributed by atoms with Gasteiger partial charge in [-0.1, -0.05) is 37.3 Å². The van der Waals surface area contributed by atoms with Crippen molar-refractivity contribution < 1.29 is 4.79 Å². The highest BCUT2D eigenvalue weighted by Gasteiger charge is 2.23. The van der Waals surface area contributed by atoms with Gasteiger partial charge in [0.1, 0.15) is 0 Å². The van der Waals surface area contributed by atoms with Crippen LogP contribution in [0.2, 0.25) is 0 Å². The average Bonchev–Trinajstić information content (AvgIpc) is 2.61. The van der Waals surface area contributed by atoms with Crippen molar-refractivity contribution in [1.82, 2.24) is 10.2 Å². The highest BCUT2D eigenvalue weighted by Crippen LogP contribution is 2.20. The second-order valence-corrected chi connectivity index (χ2v) is 6.96. The zero-order valence-electron chi connectivity index (χ0n) is 15.6. The van der Waals surface area contributed by atoms with E-state index in [4.69, 9.17) is 10.7 Å². The number of likely N-dealkylation sites (tertiary alicyclic amines) is 1. The number of piperidine rings is 1. The van der Waals surface area contributed by atoms with Crippen molar-refractivity contribution in [3.63, 3.8) is 0 Å². The first-order chi connectivity index (χ1) is 12.1. The topological polar surface area (TPSA) is 70.7 Å². The summed E-state index contributed by atoms with van der Waals surface area (Å²) in [4.78, 5) is 18.3. The molecular weight excluding hydrogens is 312 g/mol. The number of carbonyl (C=O) groups is 1. The molecule has 1 heterocycles. The quantitative estimate of drug-likeness (QED) is 0.590. The number of carbonyl (C=O) groups excluding carboxylic acids is 1. The lowest BCUT2D eigenvalue weighted by Gasteiger charge is -2.34. The van der Waals surface area contributed by atoms with E-state index in [9.17, 15) is 4.79 Å². The largest absolute Gasteiger partial charge is 0.370 e. The van der Waals surface area contributed by atoms with Crippen LogP contribution in [0.3, 0.4) is 0 Å². The van der Waals surface area contributed by atoms with Gasteiger partial charge in [0.2, 0.25) is 5.91 Å². The Morgan fingerprint density at radius 2 is 2.16 bits per heavy atom. The fraction of sp³-hybridized carbons (Fsp3) is 0.600. The summed E-state index contributed by atoms with van der Waals surface area (Å²) in [6.45, 7) is 7.85. The number of nitrogens with zero attached hydrogens (tertiary/aromatic N) is 2. The molecule has 1 saturated heterocycles. The van der Waals surface area contributed by atoms with E-state index >= 15 is 0 Å². The van der Waals surface area contributed by atoms with Gasteiger partial charge in [-0.2, -0.15) is 0 Å². The maximum absolute atomic E-state index is 11.2. The lowest BCUT2D eigenvalue weighted by molar-refractivity contribution is -0.119. The third-order valence-electron chi connectivity index (χ3n) is 4.84. The predicted octanol–water partition coefficient (Wildman–Crippen LogP) is 2.73. The van der Waals surface area contributed by atoms with Gasteiger partial charge in [0.05, 0.1) is 0 Å². The van der Waals surface area contributed by atoms with Gasteiger partial charge in [0, 0.05) is 32.6 Å². The maximum Gasteiger partial charge on any atom is 0.217 e. The molecule has 5 heteroatoms. The molecule has 1 aliphatic heterocycles. The number of benzene rings is 1. The Hall–Kier alpha value is -2.04. The van der Waals surface area contributed by atoms with Crippen LogP contribution in [0, 0.1) is 5.92 Å². The molecule has 138 valence electrons. The van der Waals surface area contributed by atoms with E-state index in [1.807, 2.05) is 0 Å². The molecule has 5 nitrogen and oxygen atoms in total. The van der Waals surface area contributed by atoms with Crippen molar-refractivity contribution in [3.8, 4) is 0 Å². The molecule has 1 amide bonds. The van der Waals surface area contributed by atoms with Gasteiger partial charge in [-0.15, -0.1) is 0 Å². The predicted molar refractivity (Wildman–Crippen MR) is 104 cm³/mol. The van der Waals surface area contributed by atoms with Crippen molar-refractivity contribution in [2.24, 2.45) is 16.6 Å². The second-order valence-electron chi connectivity index (χ2n) is 6.96. The molecule has 0 aromatic heterocycles. The van der Waals surface area contributed by atoms with E-state index in [1.54, 1.807) is 0 Å². The summed E-state index contributed by atoms with van der Waals surface area (Å²) >= 11 is 0. The molecule has 0 bridgehead atoms. The minimum atomic E-state index is -0.203. The van der Waals surface area contributed by atoms with Crippen LogP contribution in [0.1, 0.15) is 51.0 Å². The van der Waals surface area contributed by atoms with E-state index < -0.39 is 0 Å². The summed E-state index contributed by atoms with van der Waals surface area (Å²) in [7, 11) is 0. The van der Waals surface area contributed by atoms with Crippen molar-refractivity contribution in [1.29, 1.82) is 0 Å². The molecule has 1 aromatic carbocycles. The van der Waals surface area contributed by atoms with Gasteiger partial charge in [-0.25, -0.2) is 0 Å². The van der Waals surface area contributed by atoms with Crippen LogP contribution in [-0.2, 0) is 4.79 Å². The van der Waals surface area contributed by atoms with E-state index in [2.05, 4.69) is 54.4 Å². The first kappa shape index (κ1) is 19.3. The molecule has 2 unspecified atom stereocenters. The Morgan fingerprint density at radius 1 is 1.40 bits per heavy atom. The minimum Gasteiger partial charge on any atom is -0.370 e. The Labute approximate surface area is 151 Å². The van der Waals surface area contributed by atoms with Crippen molar-refractivity contribution >= 4 is 11.9 Å². The Morgan fingerprint density at radius 3 is 2.84 bits per heavy atom. The van der Waals surface area contributed by atoms with Gasteiger partial charge in [0.25, 0.3) is 0 Å². The number of primary amides is 1. The van der Waals surface area contributed by atoms with Crippen LogP contribution in [0.15, 0.2) is 35.3 Å². The van der Waals surface area contributed by atoms with E-state index in [0.717, 1.165) is 51.4 Å². The molecule has 2 rings (SSSR count). The Kier molecular flexibility index (Phi) is 7.76. The van der Waals surface area contributed by atoms with Crippen LogP contribution < -0.4 is 11.1 Å². The fourth-order valence-electron chi connectivity index (χ4n) is 3.45. The van der Waals surface area contributed by atoms with Gasteiger partial charge in [0.15, 0.2) is 5.96 Å². The number of guanidine groups is 1. The minimum absolute atomic E-state index is 0.203. The summed E-state index contributed by atoms with van der Waals surface area (Å²) in [5.74, 6) is 1.61. The first-order valence-electron chi connectivity index (χ1n) is 9.46. The van der Waals surface area contributed by atoms with Gasteiger partial charge >= 0.3 is 0 Å². The zero-order valence-corrected chi connectivity index (χ0v) is 15.6. The van der Waals surface area contributed by atoms with Crippen molar-refractivity contribution in [3.05, 3.63) is 35.9 Å². The average molecular weight is 345 g/mol. The van der Waals surface area contributed by atoms with Crippen molar-refractivity contribution in [2.45, 2.75) is 45.4 Å². The third-order valence-corrected chi connectivity index (χ3v) is 4.84.